The predicted octanol–water partition coefficient (Wildman–Crippen LogP) is 2.08. The Labute approximate surface area is 163 Å². The molecule has 1 heterocycles. The van der Waals surface area contributed by atoms with Crippen LogP contribution >= 0.6 is 0 Å². The van der Waals surface area contributed by atoms with Gasteiger partial charge in [-0.05, 0) is 29.7 Å². The number of carbonyl (C=O) groups is 2. The lowest BCUT2D eigenvalue weighted by molar-refractivity contribution is -0.149. The molecule has 0 radical (unpaired) electrons. The van der Waals surface area contributed by atoms with Gasteiger partial charge < -0.3 is 20.5 Å². The van der Waals surface area contributed by atoms with Crippen LogP contribution in [0.25, 0.3) is 11.1 Å². The fourth-order valence-electron chi connectivity index (χ4n) is 3.23. The fraction of sp³-hybridized carbons (Fsp3) is 0.286. The minimum Gasteiger partial charge on any atom is -0.491 e. The van der Waals surface area contributed by atoms with E-state index in [-0.39, 0.29) is 36.8 Å². The number of carbonyl (C=O) groups excluding carboxylic acids is 2. The van der Waals surface area contributed by atoms with Crippen LogP contribution in [-0.2, 0) is 14.3 Å². The smallest absolute Gasteiger partial charge is 0.309 e. The first kappa shape index (κ1) is 19.4. The summed E-state index contributed by atoms with van der Waals surface area (Å²) in [6, 6.07) is 14.8. The van der Waals surface area contributed by atoms with Crippen LogP contribution in [0.3, 0.4) is 0 Å². The Kier molecular flexibility index (Phi) is 5.93. The standard InChI is InChI=1S/C21H23N3O4/c1-27-21(26)16-10-17(24-19(25)11-16)12-28-18-8-6-14(7-9-18)13-2-4-15(5-3-13)20(22)23/h2-9,16-17H,10-12H2,1H3,(H3,22,23)(H,24,25)/t16-,17-/m0/s1. The molecule has 0 unspecified atom stereocenters. The maximum absolute atomic E-state index is 11.8. The Morgan fingerprint density at radius 2 is 1.75 bits per heavy atom. The summed E-state index contributed by atoms with van der Waals surface area (Å²) in [5.41, 5.74) is 8.18. The van der Waals surface area contributed by atoms with Crippen LogP contribution in [0.4, 0.5) is 0 Å². The minimum atomic E-state index is -0.423. The van der Waals surface area contributed by atoms with Gasteiger partial charge in [-0.1, -0.05) is 36.4 Å². The molecule has 2 atom stereocenters. The van der Waals surface area contributed by atoms with E-state index >= 15 is 0 Å². The van der Waals surface area contributed by atoms with E-state index in [4.69, 9.17) is 20.6 Å². The third kappa shape index (κ3) is 4.68. The van der Waals surface area contributed by atoms with Crippen molar-refractivity contribution in [3.05, 3.63) is 54.1 Å². The summed E-state index contributed by atoms with van der Waals surface area (Å²) >= 11 is 0. The normalized spacial score (nSPS) is 18.8. The molecule has 0 spiro atoms. The van der Waals surface area contributed by atoms with Gasteiger partial charge in [-0.3, -0.25) is 15.0 Å². The predicted molar refractivity (Wildman–Crippen MR) is 105 cm³/mol. The van der Waals surface area contributed by atoms with Crippen molar-refractivity contribution in [2.24, 2.45) is 11.7 Å². The lowest BCUT2D eigenvalue weighted by Crippen LogP contribution is -2.47. The molecule has 146 valence electrons. The average molecular weight is 381 g/mol. The molecule has 0 bridgehead atoms. The Morgan fingerprint density at radius 1 is 1.14 bits per heavy atom. The molecular weight excluding hydrogens is 358 g/mol. The van der Waals surface area contributed by atoms with Crippen molar-refractivity contribution in [3.63, 3.8) is 0 Å². The molecule has 0 saturated carbocycles. The van der Waals surface area contributed by atoms with Gasteiger partial charge in [-0.2, -0.15) is 0 Å². The number of rotatable bonds is 6. The van der Waals surface area contributed by atoms with Crippen LogP contribution in [-0.4, -0.2) is 37.5 Å². The van der Waals surface area contributed by atoms with E-state index in [0.717, 1.165) is 11.1 Å². The Morgan fingerprint density at radius 3 is 2.32 bits per heavy atom. The minimum absolute atomic E-state index is 0.0412. The third-order valence-electron chi connectivity index (χ3n) is 4.74. The van der Waals surface area contributed by atoms with Gasteiger partial charge in [0.2, 0.25) is 5.91 Å². The fourth-order valence-corrected chi connectivity index (χ4v) is 3.23. The molecule has 1 amide bonds. The molecule has 3 rings (SSSR count). The van der Waals surface area contributed by atoms with Crippen molar-refractivity contribution in [2.45, 2.75) is 18.9 Å². The van der Waals surface area contributed by atoms with E-state index in [1.807, 2.05) is 48.5 Å². The van der Waals surface area contributed by atoms with E-state index < -0.39 is 5.92 Å². The van der Waals surface area contributed by atoms with E-state index in [1.54, 1.807) is 0 Å². The number of methoxy groups -OCH3 is 1. The maximum Gasteiger partial charge on any atom is 0.309 e. The van der Waals surface area contributed by atoms with Gasteiger partial charge in [-0.15, -0.1) is 0 Å². The van der Waals surface area contributed by atoms with E-state index in [2.05, 4.69) is 5.32 Å². The number of ether oxygens (including phenoxy) is 2. The van der Waals surface area contributed by atoms with Gasteiger partial charge in [0.05, 0.1) is 19.1 Å². The SMILES string of the molecule is COC(=O)[C@@H]1CC(=O)N[C@H](COc2ccc(-c3ccc(C(=N)N)cc3)cc2)C1. The second-order valence-electron chi connectivity index (χ2n) is 6.75. The third-order valence-corrected chi connectivity index (χ3v) is 4.74. The number of amides is 1. The molecule has 1 aliphatic heterocycles. The van der Waals surface area contributed by atoms with Crippen molar-refractivity contribution >= 4 is 17.7 Å². The summed E-state index contributed by atoms with van der Waals surface area (Å²) in [4.78, 5) is 23.5. The summed E-state index contributed by atoms with van der Waals surface area (Å²) in [5, 5.41) is 10.3. The number of amidine groups is 1. The largest absolute Gasteiger partial charge is 0.491 e. The van der Waals surface area contributed by atoms with Crippen molar-refractivity contribution in [2.75, 3.05) is 13.7 Å². The Hall–Kier alpha value is -3.35. The topological polar surface area (TPSA) is 115 Å². The van der Waals surface area contributed by atoms with E-state index in [1.165, 1.54) is 7.11 Å². The molecule has 1 saturated heterocycles. The lowest BCUT2D eigenvalue weighted by Gasteiger charge is -2.28. The highest BCUT2D eigenvalue weighted by atomic mass is 16.5. The van der Waals surface area contributed by atoms with Gasteiger partial charge in [-0.25, -0.2) is 0 Å². The molecule has 0 aromatic heterocycles. The molecule has 0 aliphatic carbocycles. The first-order valence-electron chi connectivity index (χ1n) is 9.01. The van der Waals surface area contributed by atoms with Gasteiger partial charge in [0.1, 0.15) is 18.2 Å². The molecule has 2 aromatic carbocycles. The number of nitrogens with one attached hydrogen (secondary N) is 2. The van der Waals surface area contributed by atoms with E-state index in [0.29, 0.717) is 17.7 Å². The van der Waals surface area contributed by atoms with Crippen LogP contribution in [0.15, 0.2) is 48.5 Å². The maximum atomic E-state index is 11.8. The monoisotopic (exact) mass is 381 g/mol. The number of esters is 1. The molecule has 28 heavy (non-hydrogen) atoms. The second-order valence-corrected chi connectivity index (χ2v) is 6.75. The van der Waals surface area contributed by atoms with Crippen LogP contribution < -0.4 is 15.8 Å². The Bertz CT molecular complexity index is 862. The van der Waals surface area contributed by atoms with Crippen LogP contribution in [0.2, 0.25) is 0 Å². The zero-order chi connectivity index (χ0) is 20.1. The number of piperidine rings is 1. The quantitative estimate of drug-likeness (QED) is 0.403. The second kappa shape index (κ2) is 8.56. The van der Waals surface area contributed by atoms with Crippen molar-refractivity contribution in [1.29, 1.82) is 5.41 Å². The van der Waals surface area contributed by atoms with Crippen LogP contribution in [0.5, 0.6) is 5.75 Å². The average Bonchev–Trinajstić information content (AvgIpc) is 2.71. The molecule has 1 fully saturated rings. The summed E-state index contributed by atoms with van der Waals surface area (Å²) in [7, 11) is 1.33. The Balaban J connectivity index is 1.59. The summed E-state index contributed by atoms with van der Waals surface area (Å²) in [5.74, 6) is -0.231. The van der Waals surface area contributed by atoms with E-state index in [9.17, 15) is 9.59 Å². The number of hydrogen-bond acceptors (Lipinski definition) is 5. The molecule has 7 heteroatoms. The number of nitrogens with two attached hydrogens (primary N) is 1. The number of hydrogen-bond donors (Lipinski definition) is 3. The van der Waals surface area contributed by atoms with Crippen LogP contribution in [0, 0.1) is 11.3 Å². The van der Waals surface area contributed by atoms with Gasteiger partial charge in [0.15, 0.2) is 0 Å². The number of benzene rings is 2. The molecule has 1 aliphatic rings. The van der Waals surface area contributed by atoms with Crippen molar-refractivity contribution in [3.8, 4) is 16.9 Å². The van der Waals surface area contributed by atoms with Gasteiger partial charge in [0, 0.05) is 12.0 Å². The first-order chi connectivity index (χ1) is 13.5. The number of nitrogen functional groups attached to an aromatic ring is 1. The van der Waals surface area contributed by atoms with Crippen molar-refractivity contribution < 1.29 is 19.1 Å². The van der Waals surface area contributed by atoms with Gasteiger partial charge in [0.25, 0.3) is 0 Å². The van der Waals surface area contributed by atoms with Crippen molar-refractivity contribution in [1.82, 2.24) is 5.32 Å². The molecule has 7 nitrogen and oxygen atoms in total. The van der Waals surface area contributed by atoms with Crippen LogP contribution in [0.1, 0.15) is 18.4 Å². The summed E-state index contributed by atoms with van der Waals surface area (Å²) < 4.78 is 10.5. The highest BCUT2D eigenvalue weighted by Crippen LogP contribution is 2.24. The molecule has 4 N–H and O–H groups in total. The molecular formula is C21H23N3O4. The first-order valence-corrected chi connectivity index (χ1v) is 9.01. The highest BCUT2D eigenvalue weighted by Gasteiger charge is 2.32. The van der Waals surface area contributed by atoms with Gasteiger partial charge >= 0.3 is 5.97 Å². The zero-order valence-corrected chi connectivity index (χ0v) is 15.6. The summed E-state index contributed by atoms with van der Waals surface area (Å²) in [6.07, 6.45) is 0.652. The lowest BCUT2D eigenvalue weighted by atomic mass is 9.92. The highest BCUT2D eigenvalue weighted by molar-refractivity contribution is 5.95. The summed E-state index contributed by atoms with van der Waals surface area (Å²) in [6.45, 7) is 0.284. The molecule has 2 aromatic rings. The zero-order valence-electron chi connectivity index (χ0n) is 15.6.